The van der Waals surface area contributed by atoms with E-state index in [4.69, 9.17) is 0 Å². The van der Waals surface area contributed by atoms with Crippen molar-refractivity contribution in [3.63, 3.8) is 0 Å². The van der Waals surface area contributed by atoms with Crippen molar-refractivity contribution in [3.8, 4) is 0 Å². The molecule has 0 N–H and O–H groups in total. The fraction of sp³-hybridized carbons (Fsp3) is 0.667. The first-order valence-corrected chi connectivity index (χ1v) is 5.58. The Kier molecular flexibility index (Phi) is 2.41. The number of hydrogen-bond acceptors (Lipinski definition) is 2. The fourth-order valence-corrected chi connectivity index (χ4v) is 2.00. The van der Waals surface area contributed by atoms with Crippen LogP contribution in [0.1, 0.15) is 62.1 Å². The molecule has 1 heterocycles. The molecule has 0 unspecified atom stereocenters. The molecule has 82 valence electrons. The van der Waals surface area contributed by atoms with Gasteiger partial charge >= 0.3 is 0 Å². The summed E-state index contributed by atoms with van der Waals surface area (Å²) in [6.45, 7) is 6.37. The first kappa shape index (κ1) is 10.4. The second-order valence-corrected chi connectivity index (χ2v) is 5.32. The van der Waals surface area contributed by atoms with Gasteiger partial charge in [0.25, 0.3) is 0 Å². The molecule has 1 fully saturated rings. The second kappa shape index (κ2) is 3.47. The zero-order valence-electron chi connectivity index (χ0n) is 9.66. The van der Waals surface area contributed by atoms with E-state index in [-0.39, 0.29) is 5.54 Å². The number of rotatable bonds is 2. The summed E-state index contributed by atoms with van der Waals surface area (Å²) in [5.74, 6) is 0.616. The Bertz CT molecular complexity index is 369. The normalized spacial score (nSPS) is 17.5. The lowest BCUT2D eigenvalue weighted by Crippen LogP contribution is -2.28. The van der Waals surface area contributed by atoms with Crippen LogP contribution in [-0.4, -0.2) is 16.1 Å². The van der Waals surface area contributed by atoms with Gasteiger partial charge in [0.15, 0.2) is 6.29 Å². The predicted molar refractivity (Wildman–Crippen MR) is 59.2 cm³/mol. The smallest absolute Gasteiger partial charge is 0.170 e. The molecule has 0 amide bonds. The highest BCUT2D eigenvalue weighted by atomic mass is 16.1. The van der Waals surface area contributed by atoms with Crippen LogP contribution < -0.4 is 0 Å². The molecule has 1 aromatic rings. The minimum absolute atomic E-state index is 0.0355. The average molecular weight is 206 g/mol. The highest BCUT2D eigenvalue weighted by Gasteiger charge is 2.28. The lowest BCUT2D eigenvalue weighted by atomic mass is 9.82. The van der Waals surface area contributed by atoms with Crippen molar-refractivity contribution in [2.24, 2.45) is 0 Å². The quantitative estimate of drug-likeness (QED) is 0.697. The van der Waals surface area contributed by atoms with Crippen LogP contribution in [-0.2, 0) is 5.54 Å². The Morgan fingerprint density at radius 3 is 2.53 bits per heavy atom. The lowest BCUT2D eigenvalue weighted by Gasteiger charge is -2.30. The van der Waals surface area contributed by atoms with Crippen molar-refractivity contribution in [2.75, 3.05) is 0 Å². The largest absolute Gasteiger partial charge is 0.296 e. The van der Waals surface area contributed by atoms with E-state index in [9.17, 15) is 4.79 Å². The highest BCUT2D eigenvalue weighted by Crippen LogP contribution is 2.38. The molecule has 0 aromatic carbocycles. The number of carbonyl (C=O) groups excluding carboxylic acids is 1. The van der Waals surface area contributed by atoms with Crippen molar-refractivity contribution >= 4 is 6.29 Å². The minimum atomic E-state index is -0.0355. The Morgan fingerprint density at radius 2 is 2.13 bits per heavy atom. The maximum absolute atomic E-state index is 10.8. The molecule has 0 spiro atoms. The highest BCUT2D eigenvalue weighted by molar-refractivity contribution is 5.71. The number of carbonyl (C=O) groups is 1. The van der Waals surface area contributed by atoms with Crippen molar-refractivity contribution in [1.82, 2.24) is 9.78 Å². The summed E-state index contributed by atoms with van der Waals surface area (Å²) >= 11 is 0. The molecule has 0 radical (unpaired) electrons. The molecular weight excluding hydrogens is 188 g/mol. The van der Waals surface area contributed by atoms with E-state index in [1.165, 1.54) is 25.0 Å². The van der Waals surface area contributed by atoms with E-state index < -0.39 is 0 Å². The van der Waals surface area contributed by atoms with Gasteiger partial charge in [-0.3, -0.25) is 9.48 Å². The first-order chi connectivity index (χ1) is 7.02. The van der Waals surface area contributed by atoms with Gasteiger partial charge in [-0.05, 0) is 39.7 Å². The summed E-state index contributed by atoms with van der Waals surface area (Å²) in [6.07, 6.45) is 4.61. The van der Waals surface area contributed by atoms with Crippen LogP contribution in [0.3, 0.4) is 0 Å². The zero-order valence-corrected chi connectivity index (χ0v) is 9.66. The number of hydrogen-bond donors (Lipinski definition) is 0. The summed E-state index contributed by atoms with van der Waals surface area (Å²) < 4.78 is 2.01. The Morgan fingerprint density at radius 1 is 1.47 bits per heavy atom. The summed E-state index contributed by atoms with van der Waals surface area (Å²) in [6, 6.07) is 1.95. The Labute approximate surface area is 90.5 Å². The Hall–Kier alpha value is -1.12. The molecule has 0 atom stereocenters. The van der Waals surface area contributed by atoms with Crippen LogP contribution in [0.4, 0.5) is 0 Å². The summed E-state index contributed by atoms with van der Waals surface area (Å²) in [5, 5.41) is 4.35. The van der Waals surface area contributed by atoms with Gasteiger partial charge in [0, 0.05) is 11.6 Å². The van der Waals surface area contributed by atoms with Gasteiger partial charge in [0.2, 0.25) is 0 Å². The topological polar surface area (TPSA) is 34.9 Å². The third kappa shape index (κ3) is 1.83. The van der Waals surface area contributed by atoms with Crippen molar-refractivity contribution in [1.29, 1.82) is 0 Å². The molecule has 1 aliphatic carbocycles. The minimum Gasteiger partial charge on any atom is -0.296 e. The van der Waals surface area contributed by atoms with Crippen molar-refractivity contribution in [3.05, 3.63) is 17.5 Å². The van der Waals surface area contributed by atoms with Crippen LogP contribution in [0.15, 0.2) is 6.07 Å². The van der Waals surface area contributed by atoms with E-state index in [0.29, 0.717) is 11.6 Å². The van der Waals surface area contributed by atoms with E-state index in [1.807, 2.05) is 10.7 Å². The molecule has 0 aliphatic heterocycles. The fourth-order valence-electron chi connectivity index (χ4n) is 2.00. The molecule has 1 aromatic heterocycles. The maximum Gasteiger partial charge on any atom is 0.170 e. The van der Waals surface area contributed by atoms with Gasteiger partial charge in [0.1, 0.15) is 5.69 Å². The molecule has 3 nitrogen and oxygen atoms in total. The van der Waals surface area contributed by atoms with Gasteiger partial charge in [0.05, 0.1) is 5.54 Å². The summed E-state index contributed by atoms with van der Waals surface area (Å²) in [4.78, 5) is 10.8. The zero-order chi connectivity index (χ0) is 11.1. The van der Waals surface area contributed by atoms with Crippen LogP contribution in [0.25, 0.3) is 0 Å². The standard InChI is InChI=1S/C12H18N2O/c1-12(2,3)14-11(9-5-4-6-9)7-10(8-15)13-14/h7-9H,4-6H2,1-3H3. The van der Waals surface area contributed by atoms with Gasteiger partial charge in [-0.15, -0.1) is 0 Å². The summed E-state index contributed by atoms with van der Waals surface area (Å²) in [5.41, 5.74) is 1.76. The SMILES string of the molecule is CC(C)(C)n1nc(C=O)cc1C1CCC1. The first-order valence-electron chi connectivity index (χ1n) is 5.58. The molecule has 0 bridgehead atoms. The second-order valence-electron chi connectivity index (χ2n) is 5.32. The molecule has 1 aliphatic rings. The molecule has 3 heteroatoms. The van der Waals surface area contributed by atoms with Gasteiger partial charge in [-0.1, -0.05) is 6.42 Å². The predicted octanol–water partition coefficient (Wildman–Crippen LogP) is 2.72. The monoisotopic (exact) mass is 206 g/mol. The van der Waals surface area contributed by atoms with E-state index in [2.05, 4.69) is 25.9 Å². The van der Waals surface area contributed by atoms with Crippen LogP contribution in [0.2, 0.25) is 0 Å². The van der Waals surface area contributed by atoms with E-state index in [1.54, 1.807) is 0 Å². The van der Waals surface area contributed by atoms with Crippen molar-refractivity contribution < 1.29 is 4.79 Å². The third-order valence-corrected chi connectivity index (χ3v) is 3.04. The third-order valence-electron chi connectivity index (χ3n) is 3.04. The van der Waals surface area contributed by atoms with Crippen molar-refractivity contribution in [2.45, 2.75) is 51.5 Å². The lowest BCUT2D eigenvalue weighted by molar-refractivity contribution is 0.111. The Balaban J connectivity index is 2.41. The van der Waals surface area contributed by atoms with Gasteiger partial charge < -0.3 is 0 Å². The van der Waals surface area contributed by atoms with Crippen LogP contribution in [0, 0.1) is 0 Å². The maximum atomic E-state index is 10.8. The summed E-state index contributed by atoms with van der Waals surface area (Å²) in [7, 11) is 0. The van der Waals surface area contributed by atoms with Gasteiger partial charge in [-0.2, -0.15) is 5.10 Å². The van der Waals surface area contributed by atoms with Crippen LogP contribution in [0.5, 0.6) is 0 Å². The molecular formula is C12H18N2O. The average Bonchev–Trinajstić information content (AvgIpc) is 2.44. The van der Waals surface area contributed by atoms with E-state index >= 15 is 0 Å². The molecule has 15 heavy (non-hydrogen) atoms. The number of nitrogens with zero attached hydrogens (tertiary/aromatic N) is 2. The molecule has 0 saturated heterocycles. The number of aldehydes is 1. The van der Waals surface area contributed by atoms with Crippen LogP contribution >= 0.6 is 0 Å². The molecule has 2 rings (SSSR count). The van der Waals surface area contributed by atoms with Gasteiger partial charge in [-0.25, -0.2) is 0 Å². The molecule has 1 saturated carbocycles. The van der Waals surface area contributed by atoms with E-state index in [0.717, 1.165) is 6.29 Å². The number of aromatic nitrogens is 2.